The molecule has 0 saturated heterocycles. The van der Waals surface area contributed by atoms with Crippen LogP contribution in [0.15, 0.2) is 60.7 Å². The maximum Gasteiger partial charge on any atom is 0.244 e. The lowest BCUT2D eigenvalue weighted by Crippen LogP contribution is -2.27. The second-order valence-corrected chi connectivity index (χ2v) is 4.77. The summed E-state index contributed by atoms with van der Waals surface area (Å²) in [6.07, 6.45) is 2.82. The number of carbonyl (C=O) groups is 1. The first-order valence-corrected chi connectivity index (χ1v) is 6.98. The molecular formula is C18H18FNO2. The Labute approximate surface area is 129 Å². The van der Waals surface area contributed by atoms with Crippen molar-refractivity contribution in [2.24, 2.45) is 0 Å². The maximum absolute atomic E-state index is 13.2. The van der Waals surface area contributed by atoms with Gasteiger partial charge in [0.15, 0.2) is 0 Å². The molecule has 0 saturated carbocycles. The topological polar surface area (TPSA) is 38.3 Å². The van der Waals surface area contributed by atoms with Crippen LogP contribution in [-0.2, 0) is 9.53 Å². The molecule has 3 nitrogen and oxygen atoms in total. The lowest BCUT2D eigenvalue weighted by atomic mass is 10.1. The second-order valence-electron chi connectivity index (χ2n) is 4.77. The maximum atomic E-state index is 13.2. The van der Waals surface area contributed by atoms with Gasteiger partial charge in [-0.3, -0.25) is 4.79 Å². The number of hydrogen-bond acceptors (Lipinski definition) is 2. The molecule has 2 aromatic rings. The van der Waals surface area contributed by atoms with E-state index in [9.17, 15) is 9.18 Å². The highest BCUT2D eigenvalue weighted by molar-refractivity contribution is 5.91. The summed E-state index contributed by atoms with van der Waals surface area (Å²) in [6, 6.07) is 15.7. The van der Waals surface area contributed by atoms with Gasteiger partial charge in [0.05, 0.1) is 6.10 Å². The summed E-state index contributed by atoms with van der Waals surface area (Å²) >= 11 is 0. The van der Waals surface area contributed by atoms with Crippen molar-refractivity contribution < 1.29 is 13.9 Å². The van der Waals surface area contributed by atoms with Crippen LogP contribution in [0.1, 0.15) is 17.2 Å². The smallest absolute Gasteiger partial charge is 0.244 e. The first-order chi connectivity index (χ1) is 10.7. The predicted molar refractivity (Wildman–Crippen MR) is 84.6 cm³/mol. The van der Waals surface area contributed by atoms with E-state index in [4.69, 9.17) is 4.74 Å². The van der Waals surface area contributed by atoms with Crippen LogP contribution in [0.2, 0.25) is 0 Å². The highest BCUT2D eigenvalue weighted by Crippen LogP contribution is 2.16. The van der Waals surface area contributed by atoms with E-state index in [1.54, 1.807) is 18.2 Å². The molecule has 0 heterocycles. The highest BCUT2D eigenvalue weighted by atomic mass is 19.1. The van der Waals surface area contributed by atoms with Crippen molar-refractivity contribution in [1.82, 2.24) is 5.32 Å². The van der Waals surface area contributed by atoms with Crippen molar-refractivity contribution in [3.05, 3.63) is 77.6 Å². The minimum absolute atomic E-state index is 0.220. The Hall–Kier alpha value is -2.46. The van der Waals surface area contributed by atoms with Crippen LogP contribution in [-0.4, -0.2) is 19.6 Å². The molecule has 0 aliphatic rings. The van der Waals surface area contributed by atoms with Crippen LogP contribution in [0.3, 0.4) is 0 Å². The standard InChI is InChI=1S/C18H18FNO2/c1-22-17(15-8-5-9-16(19)12-15)13-20-18(21)11-10-14-6-3-2-4-7-14/h2-12,17H,13H2,1H3,(H,20,21)/b11-10+. The van der Waals surface area contributed by atoms with Gasteiger partial charge in [0, 0.05) is 19.7 Å². The molecule has 1 amide bonds. The largest absolute Gasteiger partial charge is 0.375 e. The molecule has 1 unspecified atom stereocenters. The lowest BCUT2D eigenvalue weighted by molar-refractivity contribution is -0.117. The molecule has 0 radical (unpaired) electrons. The van der Waals surface area contributed by atoms with Crippen molar-refractivity contribution in [3.63, 3.8) is 0 Å². The summed E-state index contributed by atoms with van der Waals surface area (Å²) in [5.74, 6) is -0.544. The first-order valence-electron chi connectivity index (χ1n) is 6.98. The fourth-order valence-electron chi connectivity index (χ4n) is 2.03. The summed E-state index contributed by atoms with van der Waals surface area (Å²) < 4.78 is 18.5. The van der Waals surface area contributed by atoms with E-state index in [0.29, 0.717) is 5.56 Å². The Morgan fingerprint density at radius 3 is 2.68 bits per heavy atom. The zero-order valence-electron chi connectivity index (χ0n) is 12.3. The third-order valence-corrected chi connectivity index (χ3v) is 3.19. The van der Waals surface area contributed by atoms with Crippen LogP contribution in [0.5, 0.6) is 0 Å². The van der Waals surface area contributed by atoms with Crippen molar-refractivity contribution in [2.75, 3.05) is 13.7 Å². The Morgan fingerprint density at radius 1 is 1.23 bits per heavy atom. The minimum Gasteiger partial charge on any atom is -0.375 e. The molecule has 4 heteroatoms. The van der Waals surface area contributed by atoms with Crippen molar-refractivity contribution in [2.45, 2.75) is 6.10 Å². The number of nitrogens with one attached hydrogen (secondary N) is 1. The van der Waals surface area contributed by atoms with Gasteiger partial charge in [0.1, 0.15) is 5.82 Å². The molecule has 1 N–H and O–H groups in total. The second kappa shape index (κ2) is 8.10. The number of methoxy groups -OCH3 is 1. The fraction of sp³-hybridized carbons (Fsp3) is 0.167. The molecule has 0 bridgehead atoms. The van der Waals surface area contributed by atoms with Gasteiger partial charge in [-0.1, -0.05) is 42.5 Å². The van der Waals surface area contributed by atoms with Gasteiger partial charge < -0.3 is 10.1 Å². The van der Waals surface area contributed by atoms with Crippen LogP contribution in [0, 0.1) is 5.82 Å². The monoisotopic (exact) mass is 299 g/mol. The molecule has 0 aliphatic carbocycles. The number of benzene rings is 2. The van der Waals surface area contributed by atoms with Crippen molar-refractivity contribution in [3.8, 4) is 0 Å². The molecule has 2 aromatic carbocycles. The third kappa shape index (κ3) is 4.82. The number of rotatable bonds is 6. The number of carbonyl (C=O) groups excluding carboxylic acids is 1. The summed E-state index contributed by atoms with van der Waals surface area (Å²) in [7, 11) is 1.53. The van der Waals surface area contributed by atoms with E-state index in [1.165, 1.54) is 25.3 Å². The average Bonchev–Trinajstić information content (AvgIpc) is 2.54. The van der Waals surface area contributed by atoms with E-state index in [2.05, 4.69) is 5.32 Å². The first kappa shape index (κ1) is 15.9. The molecule has 0 aliphatic heterocycles. The van der Waals surface area contributed by atoms with Crippen molar-refractivity contribution in [1.29, 1.82) is 0 Å². The Balaban J connectivity index is 1.90. The van der Waals surface area contributed by atoms with Crippen molar-refractivity contribution >= 4 is 12.0 Å². The van der Waals surface area contributed by atoms with Gasteiger partial charge in [0.2, 0.25) is 5.91 Å². The Morgan fingerprint density at radius 2 is 2.00 bits per heavy atom. The molecule has 2 rings (SSSR count). The summed E-state index contributed by atoms with van der Waals surface area (Å²) in [4.78, 5) is 11.8. The number of amides is 1. The van der Waals surface area contributed by atoms with Gasteiger partial charge in [-0.05, 0) is 29.3 Å². The van der Waals surface area contributed by atoms with E-state index in [0.717, 1.165) is 5.56 Å². The molecule has 0 aromatic heterocycles. The normalized spacial score (nSPS) is 12.3. The predicted octanol–water partition coefficient (Wildman–Crippen LogP) is 3.34. The van der Waals surface area contributed by atoms with Gasteiger partial charge >= 0.3 is 0 Å². The summed E-state index contributed by atoms with van der Waals surface area (Å²) in [5, 5.41) is 2.75. The molecule has 1 atom stereocenters. The Kier molecular flexibility index (Phi) is 5.86. The molecule has 22 heavy (non-hydrogen) atoms. The highest BCUT2D eigenvalue weighted by Gasteiger charge is 2.11. The average molecular weight is 299 g/mol. The van der Waals surface area contributed by atoms with E-state index in [-0.39, 0.29) is 24.4 Å². The summed E-state index contributed by atoms with van der Waals surface area (Å²) in [5.41, 5.74) is 1.64. The van der Waals surface area contributed by atoms with Gasteiger partial charge in [-0.15, -0.1) is 0 Å². The SMILES string of the molecule is COC(CNC(=O)/C=C/c1ccccc1)c1cccc(F)c1. The van der Waals surface area contributed by atoms with Gasteiger partial charge in [0.25, 0.3) is 0 Å². The fourth-order valence-corrected chi connectivity index (χ4v) is 2.03. The van der Waals surface area contributed by atoms with Gasteiger partial charge in [-0.25, -0.2) is 4.39 Å². The third-order valence-electron chi connectivity index (χ3n) is 3.19. The molecule has 0 spiro atoms. The zero-order chi connectivity index (χ0) is 15.8. The molecular weight excluding hydrogens is 281 g/mol. The zero-order valence-corrected chi connectivity index (χ0v) is 12.3. The van der Waals surface area contributed by atoms with Crippen LogP contribution in [0.25, 0.3) is 6.08 Å². The Bertz CT molecular complexity index is 641. The van der Waals surface area contributed by atoms with Crippen LogP contribution in [0.4, 0.5) is 4.39 Å². The molecule has 0 fully saturated rings. The van der Waals surface area contributed by atoms with Crippen LogP contribution < -0.4 is 5.32 Å². The van der Waals surface area contributed by atoms with Gasteiger partial charge in [-0.2, -0.15) is 0 Å². The number of hydrogen-bond donors (Lipinski definition) is 1. The lowest BCUT2D eigenvalue weighted by Gasteiger charge is -2.16. The quantitative estimate of drug-likeness (QED) is 0.831. The van der Waals surface area contributed by atoms with E-state index < -0.39 is 0 Å². The number of halogens is 1. The minimum atomic E-state index is -0.384. The summed E-state index contributed by atoms with van der Waals surface area (Å²) in [6.45, 7) is 0.276. The van der Waals surface area contributed by atoms with Crippen LogP contribution >= 0.6 is 0 Å². The molecule has 114 valence electrons. The van der Waals surface area contributed by atoms with E-state index >= 15 is 0 Å². The van der Waals surface area contributed by atoms with E-state index in [1.807, 2.05) is 30.3 Å². The number of ether oxygens (including phenoxy) is 1.